The Morgan fingerprint density at radius 2 is 2.00 bits per heavy atom. The van der Waals surface area contributed by atoms with E-state index in [2.05, 4.69) is 0 Å². The number of rotatable bonds is 3. The Labute approximate surface area is 75.7 Å². The van der Waals surface area contributed by atoms with Gasteiger partial charge in [-0.2, -0.15) is 0 Å². The first kappa shape index (κ1) is 14.2. The van der Waals surface area contributed by atoms with Crippen molar-refractivity contribution in [2.45, 2.75) is 27.0 Å². The number of nitro groups is 1. The zero-order valence-corrected chi connectivity index (χ0v) is 7.80. The van der Waals surface area contributed by atoms with Crippen molar-refractivity contribution in [3.8, 4) is 0 Å². The molecule has 0 aliphatic heterocycles. The lowest BCUT2D eigenvalue weighted by molar-refractivity contribution is -0.673. The van der Waals surface area contributed by atoms with Crippen LogP contribution in [-0.4, -0.2) is 39.0 Å². The SMILES string of the molecule is CC(=O)O.CCN(C(C)O)[N+](=O)[O-]. The molecule has 1 unspecified atom stereocenters. The maximum absolute atomic E-state index is 9.94. The van der Waals surface area contributed by atoms with Gasteiger partial charge in [-0.3, -0.25) is 4.79 Å². The van der Waals surface area contributed by atoms with E-state index in [0.29, 0.717) is 0 Å². The summed E-state index contributed by atoms with van der Waals surface area (Å²) in [4.78, 5) is 18.9. The van der Waals surface area contributed by atoms with Crippen LogP contribution in [0, 0.1) is 10.1 Å². The molecular formula is C6H14N2O5. The predicted octanol–water partition coefficient (Wildman–Crippen LogP) is -0.0708. The molecule has 0 bridgehead atoms. The Balaban J connectivity index is 0. The molecule has 0 aromatic rings. The number of aliphatic hydroxyl groups excluding tert-OH is 1. The lowest BCUT2D eigenvalue weighted by Crippen LogP contribution is -2.37. The maximum atomic E-state index is 9.94. The first-order chi connectivity index (χ1) is 5.82. The summed E-state index contributed by atoms with van der Waals surface area (Å²) in [6.45, 7) is 4.26. The van der Waals surface area contributed by atoms with Gasteiger partial charge in [-0.15, -0.1) is 5.01 Å². The van der Waals surface area contributed by atoms with Gasteiger partial charge in [0.25, 0.3) is 5.97 Å². The average molecular weight is 194 g/mol. The topological polar surface area (TPSA) is 104 Å². The molecule has 0 amide bonds. The van der Waals surface area contributed by atoms with Crippen LogP contribution in [-0.2, 0) is 4.79 Å². The number of hydrogen-bond acceptors (Lipinski definition) is 4. The summed E-state index contributed by atoms with van der Waals surface area (Å²) in [6, 6.07) is 0. The highest BCUT2D eigenvalue weighted by atomic mass is 16.7. The molecule has 0 saturated carbocycles. The van der Waals surface area contributed by atoms with Crippen LogP contribution in [0.3, 0.4) is 0 Å². The molecule has 2 N–H and O–H groups in total. The van der Waals surface area contributed by atoms with Crippen LogP contribution in [0.4, 0.5) is 0 Å². The Kier molecular flexibility index (Phi) is 7.94. The Bertz CT molecular complexity index is 166. The summed E-state index contributed by atoms with van der Waals surface area (Å²) in [7, 11) is 0. The monoisotopic (exact) mass is 194 g/mol. The van der Waals surface area contributed by atoms with E-state index in [9.17, 15) is 10.1 Å². The summed E-state index contributed by atoms with van der Waals surface area (Å²) >= 11 is 0. The third-order valence-electron chi connectivity index (χ3n) is 0.965. The van der Waals surface area contributed by atoms with E-state index in [1.165, 1.54) is 6.92 Å². The van der Waals surface area contributed by atoms with Crippen LogP contribution in [0.5, 0.6) is 0 Å². The van der Waals surface area contributed by atoms with Crippen LogP contribution in [0.25, 0.3) is 0 Å². The summed E-state index contributed by atoms with van der Waals surface area (Å²) in [6.07, 6.45) is -1.01. The van der Waals surface area contributed by atoms with Crippen molar-refractivity contribution >= 4 is 5.97 Å². The number of carboxylic acids is 1. The maximum Gasteiger partial charge on any atom is 0.300 e. The molecule has 0 fully saturated rings. The molecule has 7 heteroatoms. The molecule has 0 rings (SSSR count). The minimum Gasteiger partial charge on any atom is -0.481 e. The smallest absolute Gasteiger partial charge is 0.300 e. The third-order valence-corrected chi connectivity index (χ3v) is 0.965. The number of nitrogens with zero attached hydrogens (tertiary/aromatic N) is 2. The number of aliphatic carboxylic acids is 1. The standard InChI is InChI=1S/C4H10N2O3.C2H4O2/c1-3-5(4(2)7)6(8)9;1-2(3)4/h4,7H,3H2,1-2H3;1H3,(H,3,4). The van der Waals surface area contributed by atoms with Gasteiger partial charge in [0.1, 0.15) is 0 Å². The van der Waals surface area contributed by atoms with Gasteiger partial charge >= 0.3 is 0 Å². The van der Waals surface area contributed by atoms with E-state index in [0.717, 1.165) is 11.9 Å². The van der Waals surface area contributed by atoms with Crippen molar-refractivity contribution < 1.29 is 20.0 Å². The number of carbonyl (C=O) groups is 1. The molecule has 0 heterocycles. The first-order valence-electron chi connectivity index (χ1n) is 3.61. The van der Waals surface area contributed by atoms with E-state index in [1.807, 2.05) is 0 Å². The fraction of sp³-hybridized carbons (Fsp3) is 0.833. The van der Waals surface area contributed by atoms with E-state index < -0.39 is 17.2 Å². The van der Waals surface area contributed by atoms with Crippen molar-refractivity contribution in [1.29, 1.82) is 0 Å². The summed E-state index contributed by atoms with van der Waals surface area (Å²) in [5.41, 5.74) is 0. The van der Waals surface area contributed by atoms with Gasteiger partial charge in [0.2, 0.25) is 0 Å². The van der Waals surface area contributed by atoms with Gasteiger partial charge < -0.3 is 10.2 Å². The Morgan fingerprint density at radius 1 is 1.69 bits per heavy atom. The van der Waals surface area contributed by atoms with Crippen molar-refractivity contribution in [2.24, 2.45) is 0 Å². The minimum absolute atomic E-state index is 0.213. The average Bonchev–Trinajstić information content (AvgIpc) is 1.84. The predicted molar refractivity (Wildman–Crippen MR) is 44.4 cm³/mol. The Hall–Kier alpha value is -1.37. The largest absolute Gasteiger partial charge is 0.481 e. The number of hydrogen-bond donors (Lipinski definition) is 2. The van der Waals surface area contributed by atoms with Crippen LogP contribution in [0.1, 0.15) is 20.8 Å². The van der Waals surface area contributed by atoms with Crippen LogP contribution in [0.15, 0.2) is 0 Å². The van der Waals surface area contributed by atoms with Gasteiger partial charge in [-0.1, -0.05) is 0 Å². The van der Waals surface area contributed by atoms with E-state index >= 15 is 0 Å². The highest BCUT2D eigenvalue weighted by Gasteiger charge is 2.16. The molecule has 7 nitrogen and oxygen atoms in total. The molecule has 78 valence electrons. The van der Waals surface area contributed by atoms with E-state index in [4.69, 9.17) is 15.0 Å². The van der Waals surface area contributed by atoms with E-state index in [1.54, 1.807) is 6.92 Å². The Morgan fingerprint density at radius 3 is 2.00 bits per heavy atom. The third kappa shape index (κ3) is 10.6. The lowest BCUT2D eigenvalue weighted by Gasteiger charge is -2.13. The van der Waals surface area contributed by atoms with Crippen molar-refractivity contribution in [2.75, 3.05) is 6.54 Å². The van der Waals surface area contributed by atoms with Crippen LogP contribution < -0.4 is 0 Å². The van der Waals surface area contributed by atoms with E-state index in [-0.39, 0.29) is 6.54 Å². The molecule has 0 aliphatic carbocycles. The number of hydrazine groups is 1. The minimum atomic E-state index is -1.01. The highest BCUT2D eigenvalue weighted by molar-refractivity contribution is 5.62. The molecule has 0 radical (unpaired) electrons. The van der Waals surface area contributed by atoms with Crippen LogP contribution in [0.2, 0.25) is 0 Å². The van der Waals surface area contributed by atoms with Gasteiger partial charge in [0.05, 0.1) is 6.54 Å². The van der Waals surface area contributed by atoms with Gasteiger partial charge in [0, 0.05) is 6.92 Å². The van der Waals surface area contributed by atoms with Crippen molar-refractivity contribution in [3.63, 3.8) is 0 Å². The van der Waals surface area contributed by atoms with Crippen LogP contribution >= 0.6 is 0 Å². The lowest BCUT2D eigenvalue weighted by atomic mass is 10.6. The second-order valence-corrected chi connectivity index (χ2v) is 2.14. The zero-order valence-electron chi connectivity index (χ0n) is 7.80. The fourth-order valence-electron chi connectivity index (χ4n) is 0.516. The summed E-state index contributed by atoms with van der Waals surface area (Å²) < 4.78 is 0. The first-order valence-corrected chi connectivity index (χ1v) is 3.61. The molecule has 0 saturated heterocycles. The van der Waals surface area contributed by atoms with Crippen molar-refractivity contribution in [1.82, 2.24) is 5.01 Å². The molecular weight excluding hydrogens is 180 g/mol. The van der Waals surface area contributed by atoms with Crippen molar-refractivity contribution in [3.05, 3.63) is 10.1 Å². The molecule has 0 spiro atoms. The molecule has 13 heavy (non-hydrogen) atoms. The molecule has 1 atom stereocenters. The number of carboxylic acid groups (broad SMARTS) is 1. The molecule has 0 aromatic heterocycles. The van der Waals surface area contributed by atoms with Gasteiger partial charge in [-0.25, -0.2) is 10.1 Å². The normalized spacial score (nSPS) is 10.8. The number of aliphatic hydroxyl groups is 1. The quantitative estimate of drug-likeness (QED) is 0.370. The summed E-state index contributed by atoms with van der Waals surface area (Å²) in [5, 5.41) is 26.1. The fourth-order valence-corrected chi connectivity index (χ4v) is 0.516. The highest BCUT2D eigenvalue weighted by Crippen LogP contribution is 1.92. The molecule has 0 aromatic carbocycles. The molecule has 0 aliphatic rings. The second-order valence-electron chi connectivity index (χ2n) is 2.14. The zero-order chi connectivity index (χ0) is 11.0. The van der Waals surface area contributed by atoms with Gasteiger partial charge in [0.15, 0.2) is 11.3 Å². The summed E-state index contributed by atoms with van der Waals surface area (Å²) in [5.74, 6) is -0.833. The van der Waals surface area contributed by atoms with Gasteiger partial charge in [-0.05, 0) is 13.8 Å². The second kappa shape index (κ2) is 7.29.